The lowest BCUT2D eigenvalue weighted by atomic mass is 9.80. The van der Waals surface area contributed by atoms with Gasteiger partial charge in [-0.2, -0.15) is 0 Å². The highest BCUT2D eigenvalue weighted by Crippen LogP contribution is 2.30. The molecule has 3 atom stereocenters. The first-order chi connectivity index (χ1) is 8.29. The van der Waals surface area contributed by atoms with Crippen LogP contribution in [0.25, 0.3) is 0 Å². The van der Waals surface area contributed by atoms with E-state index in [2.05, 4.69) is 24.1 Å². The summed E-state index contributed by atoms with van der Waals surface area (Å²) in [6, 6.07) is 0.757. The minimum atomic E-state index is 0.757. The highest BCUT2D eigenvalue weighted by molar-refractivity contribution is 4.81. The van der Waals surface area contributed by atoms with Gasteiger partial charge in [0.1, 0.15) is 0 Å². The third-order valence-electron chi connectivity index (χ3n) is 4.78. The van der Waals surface area contributed by atoms with Gasteiger partial charge in [0.05, 0.1) is 0 Å². The summed E-state index contributed by atoms with van der Waals surface area (Å²) in [5, 5.41) is 3.62. The summed E-state index contributed by atoms with van der Waals surface area (Å²) in [7, 11) is 0. The number of likely N-dealkylation sites (N-methyl/N-ethyl adjacent to an activating group) is 1. The van der Waals surface area contributed by atoms with Crippen LogP contribution in [0.5, 0.6) is 0 Å². The van der Waals surface area contributed by atoms with E-state index < -0.39 is 0 Å². The largest absolute Gasteiger partial charge is 0.313 e. The SMILES string of the molecule is CCNC1CCCN(CC2CCCCC2C)C1. The third-order valence-corrected chi connectivity index (χ3v) is 4.78. The van der Waals surface area contributed by atoms with Crippen molar-refractivity contribution in [2.45, 2.75) is 58.4 Å². The Morgan fingerprint density at radius 3 is 2.71 bits per heavy atom. The molecule has 0 aromatic heterocycles. The second-order valence-corrected chi connectivity index (χ2v) is 6.18. The Morgan fingerprint density at radius 1 is 1.12 bits per heavy atom. The van der Waals surface area contributed by atoms with Crippen LogP contribution in [0.4, 0.5) is 0 Å². The fourth-order valence-corrected chi connectivity index (χ4v) is 3.67. The van der Waals surface area contributed by atoms with Crippen LogP contribution in [0.1, 0.15) is 52.4 Å². The molecule has 1 saturated heterocycles. The first-order valence-corrected chi connectivity index (χ1v) is 7.75. The van der Waals surface area contributed by atoms with Crippen LogP contribution < -0.4 is 5.32 Å². The van der Waals surface area contributed by atoms with Crippen LogP contribution in [0, 0.1) is 11.8 Å². The summed E-state index contributed by atoms with van der Waals surface area (Å²) in [6.07, 6.45) is 8.65. The number of hydrogen-bond acceptors (Lipinski definition) is 2. The van der Waals surface area contributed by atoms with Gasteiger partial charge >= 0.3 is 0 Å². The van der Waals surface area contributed by atoms with Gasteiger partial charge in [0, 0.05) is 19.1 Å². The molecular formula is C15H30N2. The second kappa shape index (κ2) is 6.75. The molecule has 1 saturated carbocycles. The van der Waals surface area contributed by atoms with Crippen molar-refractivity contribution >= 4 is 0 Å². The molecule has 3 unspecified atom stereocenters. The van der Waals surface area contributed by atoms with E-state index in [0.29, 0.717) is 0 Å². The minimum Gasteiger partial charge on any atom is -0.313 e. The molecule has 0 amide bonds. The van der Waals surface area contributed by atoms with Gasteiger partial charge in [0.25, 0.3) is 0 Å². The zero-order valence-electron chi connectivity index (χ0n) is 11.8. The topological polar surface area (TPSA) is 15.3 Å². The van der Waals surface area contributed by atoms with E-state index in [1.54, 1.807) is 0 Å². The number of nitrogens with one attached hydrogen (secondary N) is 1. The van der Waals surface area contributed by atoms with Crippen LogP contribution in [-0.4, -0.2) is 37.1 Å². The van der Waals surface area contributed by atoms with E-state index in [1.807, 2.05) is 0 Å². The van der Waals surface area contributed by atoms with E-state index in [9.17, 15) is 0 Å². The maximum Gasteiger partial charge on any atom is 0.0195 e. The molecule has 17 heavy (non-hydrogen) atoms. The van der Waals surface area contributed by atoms with Crippen LogP contribution in [0.15, 0.2) is 0 Å². The van der Waals surface area contributed by atoms with Gasteiger partial charge in [-0.3, -0.25) is 0 Å². The van der Waals surface area contributed by atoms with Crippen LogP contribution >= 0.6 is 0 Å². The molecule has 0 spiro atoms. The molecule has 0 radical (unpaired) electrons. The van der Waals surface area contributed by atoms with Gasteiger partial charge in [-0.25, -0.2) is 0 Å². The quantitative estimate of drug-likeness (QED) is 0.810. The van der Waals surface area contributed by atoms with Gasteiger partial charge in [-0.15, -0.1) is 0 Å². The molecule has 100 valence electrons. The fourth-order valence-electron chi connectivity index (χ4n) is 3.67. The lowest BCUT2D eigenvalue weighted by Gasteiger charge is -2.38. The Kier molecular flexibility index (Phi) is 5.30. The number of hydrogen-bond donors (Lipinski definition) is 1. The standard InChI is InChI=1S/C15H30N2/c1-3-16-15-9-6-10-17(12-15)11-14-8-5-4-7-13(14)2/h13-16H,3-12H2,1-2H3. The zero-order chi connectivity index (χ0) is 12.1. The summed E-state index contributed by atoms with van der Waals surface area (Å²) >= 11 is 0. The van der Waals surface area contributed by atoms with Crippen molar-refractivity contribution in [1.82, 2.24) is 10.2 Å². The maximum atomic E-state index is 3.62. The first-order valence-electron chi connectivity index (χ1n) is 7.75. The monoisotopic (exact) mass is 238 g/mol. The van der Waals surface area contributed by atoms with E-state index in [0.717, 1.165) is 24.4 Å². The Hall–Kier alpha value is -0.0800. The summed E-state index contributed by atoms with van der Waals surface area (Å²) in [5.74, 6) is 1.94. The van der Waals surface area contributed by atoms with Crippen molar-refractivity contribution in [3.05, 3.63) is 0 Å². The molecule has 1 N–H and O–H groups in total. The molecule has 2 heteroatoms. The lowest BCUT2D eigenvalue weighted by Crippen LogP contribution is -2.47. The molecule has 1 aliphatic carbocycles. The Bertz CT molecular complexity index is 215. The predicted molar refractivity (Wildman–Crippen MR) is 74.3 cm³/mol. The molecule has 0 aromatic rings. The van der Waals surface area contributed by atoms with Crippen molar-refractivity contribution in [2.75, 3.05) is 26.2 Å². The average Bonchev–Trinajstić information content (AvgIpc) is 2.33. The normalized spacial score (nSPS) is 36.0. The molecule has 2 fully saturated rings. The van der Waals surface area contributed by atoms with Crippen molar-refractivity contribution < 1.29 is 0 Å². The van der Waals surface area contributed by atoms with Crippen LogP contribution in [0.2, 0.25) is 0 Å². The Morgan fingerprint density at radius 2 is 1.94 bits per heavy atom. The van der Waals surface area contributed by atoms with Gasteiger partial charge in [-0.1, -0.05) is 33.1 Å². The van der Waals surface area contributed by atoms with Crippen molar-refractivity contribution in [1.29, 1.82) is 0 Å². The number of rotatable bonds is 4. The van der Waals surface area contributed by atoms with Gasteiger partial charge in [0.15, 0.2) is 0 Å². The molecule has 2 aliphatic rings. The van der Waals surface area contributed by atoms with Crippen LogP contribution in [-0.2, 0) is 0 Å². The van der Waals surface area contributed by atoms with Gasteiger partial charge in [-0.05, 0) is 44.2 Å². The second-order valence-electron chi connectivity index (χ2n) is 6.18. The average molecular weight is 238 g/mol. The zero-order valence-corrected chi connectivity index (χ0v) is 11.8. The highest BCUT2D eigenvalue weighted by Gasteiger charge is 2.26. The van der Waals surface area contributed by atoms with Crippen LogP contribution in [0.3, 0.4) is 0 Å². The molecule has 0 bridgehead atoms. The highest BCUT2D eigenvalue weighted by atomic mass is 15.2. The van der Waals surface area contributed by atoms with E-state index in [1.165, 1.54) is 58.2 Å². The smallest absolute Gasteiger partial charge is 0.0195 e. The lowest BCUT2D eigenvalue weighted by molar-refractivity contribution is 0.126. The molecular weight excluding hydrogens is 208 g/mol. The number of likely N-dealkylation sites (tertiary alicyclic amines) is 1. The van der Waals surface area contributed by atoms with Gasteiger partial charge < -0.3 is 10.2 Å². The number of piperidine rings is 1. The third kappa shape index (κ3) is 3.96. The summed E-state index contributed by atoms with van der Waals surface area (Å²) in [6.45, 7) is 9.81. The van der Waals surface area contributed by atoms with Gasteiger partial charge in [0.2, 0.25) is 0 Å². The Balaban J connectivity index is 1.77. The molecule has 2 rings (SSSR count). The molecule has 1 heterocycles. The van der Waals surface area contributed by atoms with E-state index in [-0.39, 0.29) is 0 Å². The van der Waals surface area contributed by atoms with E-state index in [4.69, 9.17) is 0 Å². The van der Waals surface area contributed by atoms with Crippen molar-refractivity contribution in [3.63, 3.8) is 0 Å². The fraction of sp³-hybridized carbons (Fsp3) is 1.00. The van der Waals surface area contributed by atoms with Crippen molar-refractivity contribution in [3.8, 4) is 0 Å². The van der Waals surface area contributed by atoms with E-state index >= 15 is 0 Å². The minimum absolute atomic E-state index is 0.757. The molecule has 1 aliphatic heterocycles. The summed E-state index contributed by atoms with van der Waals surface area (Å²) < 4.78 is 0. The molecule has 2 nitrogen and oxygen atoms in total. The van der Waals surface area contributed by atoms with Crippen molar-refractivity contribution in [2.24, 2.45) is 11.8 Å². The number of nitrogens with zero attached hydrogens (tertiary/aromatic N) is 1. The maximum absolute atomic E-state index is 3.62. The molecule has 0 aromatic carbocycles. The first kappa shape index (κ1) is 13.4. The predicted octanol–water partition coefficient (Wildman–Crippen LogP) is 2.89. The summed E-state index contributed by atoms with van der Waals surface area (Å²) in [5.41, 5.74) is 0. The summed E-state index contributed by atoms with van der Waals surface area (Å²) in [4.78, 5) is 2.73. The Labute approximate surface area is 107 Å².